The van der Waals surface area contributed by atoms with Crippen molar-refractivity contribution < 1.29 is 5.11 Å². The van der Waals surface area contributed by atoms with Gasteiger partial charge in [-0.15, -0.1) is 0 Å². The van der Waals surface area contributed by atoms with Crippen LogP contribution in [-0.2, 0) is 0 Å². The second-order valence-corrected chi connectivity index (χ2v) is 4.25. The van der Waals surface area contributed by atoms with E-state index in [1.54, 1.807) is 0 Å². The van der Waals surface area contributed by atoms with Crippen molar-refractivity contribution >= 4 is 0 Å². The van der Waals surface area contributed by atoms with E-state index in [1.165, 1.54) is 44.9 Å². The summed E-state index contributed by atoms with van der Waals surface area (Å²) in [5.74, 6) is 0.579. The van der Waals surface area contributed by atoms with Gasteiger partial charge in [0.15, 0.2) is 0 Å². The molecule has 13 heavy (non-hydrogen) atoms. The molecule has 2 N–H and O–H groups in total. The van der Waals surface area contributed by atoms with Crippen LogP contribution in [0.1, 0.15) is 44.9 Å². The Morgan fingerprint density at radius 3 is 2.38 bits per heavy atom. The first kappa shape index (κ1) is 11.0. The smallest absolute Gasteiger partial charge is 0.0459 e. The van der Waals surface area contributed by atoms with E-state index in [2.05, 4.69) is 12.4 Å². The Morgan fingerprint density at radius 2 is 1.69 bits per heavy atom. The summed E-state index contributed by atoms with van der Waals surface area (Å²) in [5.41, 5.74) is 0. The van der Waals surface area contributed by atoms with E-state index in [1.807, 2.05) is 0 Å². The minimum Gasteiger partial charge on any atom is -0.396 e. The predicted molar refractivity (Wildman–Crippen MR) is 55.7 cm³/mol. The minimum absolute atomic E-state index is 0.393. The van der Waals surface area contributed by atoms with Crippen LogP contribution in [-0.4, -0.2) is 24.8 Å². The number of hydrogen-bond donors (Lipinski definition) is 2. The Bertz CT molecular complexity index is 113. The molecule has 1 fully saturated rings. The van der Waals surface area contributed by atoms with Gasteiger partial charge in [0.1, 0.15) is 0 Å². The second-order valence-electron chi connectivity index (χ2n) is 4.25. The summed E-state index contributed by atoms with van der Waals surface area (Å²) in [6.45, 7) is 0.393. The van der Waals surface area contributed by atoms with E-state index in [0.717, 1.165) is 6.04 Å². The zero-order valence-corrected chi connectivity index (χ0v) is 8.76. The van der Waals surface area contributed by atoms with Gasteiger partial charge < -0.3 is 10.4 Å². The fourth-order valence-electron chi connectivity index (χ4n) is 2.24. The minimum atomic E-state index is 0.393. The van der Waals surface area contributed by atoms with E-state index < -0.39 is 0 Å². The molecule has 1 rings (SSSR count). The zero-order valence-electron chi connectivity index (χ0n) is 8.76. The number of aliphatic hydroxyl groups excluding tert-OH is 1. The van der Waals surface area contributed by atoms with Crippen molar-refractivity contribution in [1.82, 2.24) is 5.32 Å². The third-order valence-electron chi connectivity index (χ3n) is 3.25. The summed E-state index contributed by atoms with van der Waals surface area (Å²) < 4.78 is 0. The summed E-state index contributed by atoms with van der Waals surface area (Å²) in [6.07, 6.45) is 8.94. The Morgan fingerprint density at radius 1 is 1.08 bits per heavy atom. The second kappa shape index (κ2) is 6.39. The monoisotopic (exact) mass is 185 g/mol. The number of hydrogen-bond acceptors (Lipinski definition) is 2. The van der Waals surface area contributed by atoms with Crippen LogP contribution < -0.4 is 5.32 Å². The molecule has 0 bridgehead atoms. The standard InChI is InChI=1S/C11H23NO/c1-12-11-7-3-2-5-10(9-13)6-4-8-11/h10-13H,2-9H2,1H3. The van der Waals surface area contributed by atoms with Gasteiger partial charge in [0.25, 0.3) is 0 Å². The van der Waals surface area contributed by atoms with Gasteiger partial charge in [-0.3, -0.25) is 0 Å². The molecule has 0 aromatic carbocycles. The maximum absolute atomic E-state index is 9.11. The molecule has 2 nitrogen and oxygen atoms in total. The van der Waals surface area contributed by atoms with Crippen LogP contribution >= 0.6 is 0 Å². The lowest BCUT2D eigenvalue weighted by molar-refractivity contribution is 0.206. The van der Waals surface area contributed by atoms with Crippen LogP contribution in [0, 0.1) is 5.92 Å². The summed E-state index contributed by atoms with van der Waals surface area (Å²) in [6, 6.07) is 0.720. The maximum atomic E-state index is 9.11. The van der Waals surface area contributed by atoms with Crippen LogP contribution in [0.2, 0.25) is 0 Å². The van der Waals surface area contributed by atoms with Crippen molar-refractivity contribution in [3.05, 3.63) is 0 Å². The van der Waals surface area contributed by atoms with Gasteiger partial charge in [-0.1, -0.05) is 19.3 Å². The first-order chi connectivity index (χ1) is 6.36. The van der Waals surface area contributed by atoms with Gasteiger partial charge in [-0.2, -0.15) is 0 Å². The molecule has 0 amide bonds. The molecule has 0 radical (unpaired) electrons. The molecule has 1 aliphatic carbocycles. The van der Waals surface area contributed by atoms with Crippen molar-refractivity contribution in [2.75, 3.05) is 13.7 Å². The summed E-state index contributed by atoms with van der Waals surface area (Å²) in [5, 5.41) is 12.5. The summed E-state index contributed by atoms with van der Waals surface area (Å²) in [4.78, 5) is 0. The lowest BCUT2D eigenvalue weighted by Crippen LogP contribution is -2.24. The molecule has 0 aromatic heterocycles. The lowest BCUT2D eigenvalue weighted by atomic mass is 9.98. The SMILES string of the molecule is CNC1CCCCC(CO)CCC1. The molecule has 0 heterocycles. The molecule has 2 heteroatoms. The summed E-state index contributed by atoms with van der Waals surface area (Å²) in [7, 11) is 2.06. The number of aliphatic hydroxyl groups is 1. The van der Waals surface area contributed by atoms with Crippen molar-refractivity contribution in [3.8, 4) is 0 Å². The largest absolute Gasteiger partial charge is 0.396 e. The molecular formula is C11H23NO. The molecule has 2 unspecified atom stereocenters. The van der Waals surface area contributed by atoms with Crippen LogP contribution in [0.4, 0.5) is 0 Å². The Hall–Kier alpha value is -0.0800. The van der Waals surface area contributed by atoms with E-state index in [0.29, 0.717) is 12.5 Å². The van der Waals surface area contributed by atoms with Crippen molar-refractivity contribution in [2.45, 2.75) is 51.0 Å². The van der Waals surface area contributed by atoms with Crippen molar-refractivity contribution in [1.29, 1.82) is 0 Å². The van der Waals surface area contributed by atoms with Gasteiger partial charge in [0.05, 0.1) is 0 Å². The molecule has 78 valence electrons. The van der Waals surface area contributed by atoms with Gasteiger partial charge in [-0.05, 0) is 38.6 Å². The molecule has 1 aliphatic rings. The molecule has 2 atom stereocenters. The number of rotatable bonds is 2. The molecule has 0 aliphatic heterocycles. The average Bonchev–Trinajstić information content (AvgIpc) is 2.28. The van der Waals surface area contributed by atoms with Crippen LogP contribution in [0.15, 0.2) is 0 Å². The fourth-order valence-corrected chi connectivity index (χ4v) is 2.24. The highest BCUT2D eigenvalue weighted by Gasteiger charge is 2.13. The van der Waals surface area contributed by atoms with Crippen LogP contribution in [0.25, 0.3) is 0 Å². The first-order valence-corrected chi connectivity index (χ1v) is 5.65. The first-order valence-electron chi connectivity index (χ1n) is 5.65. The normalized spacial score (nSPS) is 31.8. The highest BCUT2D eigenvalue weighted by atomic mass is 16.3. The van der Waals surface area contributed by atoms with Crippen LogP contribution in [0.3, 0.4) is 0 Å². The lowest BCUT2D eigenvalue weighted by Gasteiger charge is -2.14. The average molecular weight is 185 g/mol. The Balaban J connectivity index is 2.29. The number of nitrogens with one attached hydrogen (secondary N) is 1. The molecule has 0 aromatic rings. The fraction of sp³-hybridized carbons (Fsp3) is 1.00. The van der Waals surface area contributed by atoms with Crippen molar-refractivity contribution in [2.24, 2.45) is 5.92 Å². The van der Waals surface area contributed by atoms with E-state index in [9.17, 15) is 0 Å². The molecule has 0 spiro atoms. The topological polar surface area (TPSA) is 32.3 Å². The Kier molecular flexibility index (Phi) is 5.40. The molecular weight excluding hydrogens is 162 g/mol. The quantitative estimate of drug-likeness (QED) is 0.689. The summed E-state index contributed by atoms with van der Waals surface area (Å²) >= 11 is 0. The molecule has 1 saturated carbocycles. The molecule has 0 saturated heterocycles. The maximum Gasteiger partial charge on any atom is 0.0459 e. The van der Waals surface area contributed by atoms with Crippen LogP contribution in [0.5, 0.6) is 0 Å². The highest BCUT2D eigenvalue weighted by Crippen LogP contribution is 2.21. The van der Waals surface area contributed by atoms with Gasteiger partial charge in [0.2, 0.25) is 0 Å². The van der Waals surface area contributed by atoms with Gasteiger partial charge >= 0.3 is 0 Å². The third kappa shape index (κ3) is 4.10. The van der Waals surface area contributed by atoms with Crippen molar-refractivity contribution in [3.63, 3.8) is 0 Å². The highest BCUT2D eigenvalue weighted by molar-refractivity contribution is 4.69. The van der Waals surface area contributed by atoms with E-state index >= 15 is 0 Å². The van der Waals surface area contributed by atoms with Gasteiger partial charge in [0, 0.05) is 12.6 Å². The Labute approximate surface area is 81.7 Å². The zero-order chi connectivity index (χ0) is 9.52. The van der Waals surface area contributed by atoms with E-state index in [4.69, 9.17) is 5.11 Å². The van der Waals surface area contributed by atoms with E-state index in [-0.39, 0.29) is 0 Å². The van der Waals surface area contributed by atoms with Gasteiger partial charge in [-0.25, -0.2) is 0 Å². The predicted octanol–water partition coefficient (Wildman–Crippen LogP) is 1.93. The third-order valence-corrected chi connectivity index (χ3v) is 3.25.